The predicted molar refractivity (Wildman–Crippen MR) is 73.2 cm³/mol. The molecule has 18 heavy (non-hydrogen) atoms. The molecular formula is C13H20N2O2S. The number of thiophene rings is 1. The van der Waals surface area contributed by atoms with Crippen molar-refractivity contribution >= 4 is 17.2 Å². The van der Waals surface area contributed by atoms with Crippen LogP contribution in [0.1, 0.15) is 34.0 Å². The standard InChI is InChI=1S/C13H20N2O2S/c1-3-14-9(2)7-15-13(16)12-6-10-8-17-5-4-11(10)18-12/h6,9,14H,3-5,7-8H2,1-2H3,(H,15,16)/t9-/m1/s1. The van der Waals surface area contributed by atoms with E-state index in [0.29, 0.717) is 19.2 Å². The van der Waals surface area contributed by atoms with Crippen LogP contribution in [0.25, 0.3) is 0 Å². The second-order valence-electron chi connectivity index (χ2n) is 4.53. The number of hydrogen-bond donors (Lipinski definition) is 2. The molecule has 0 aliphatic carbocycles. The zero-order valence-corrected chi connectivity index (χ0v) is 11.7. The predicted octanol–water partition coefficient (Wildman–Crippen LogP) is 1.55. The molecule has 1 aliphatic rings. The van der Waals surface area contributed by atoms with Crippen LogP contribution in [0, 0.1) is 0 Å². The van der Waals surface area contributed by atoms with Gasteiger partial charge in [0.2, 0.25) is 0 Å². The summed E-state index contributed by atoms with van der Waals surface area (Å²) in [7, 11) is 0. The summed E-state index contributed by atoms with van der Waals surface area (Å²) in [6.07, 6.45) is 0.932. The summed E-state index contributed by atoms with van der Waals surface area (Å²) < 4.78 is 5.38. The summed E-state index contributed by atoms with van der Waals surface area (Å²) >= 11 is 1.60. The van der Waals surface area contributed by atoms with Crippen LogP contribution in [-0.4, -0.2) is 31.6 Å². The lowest BCUT2D eigenvalue weighted by atomic mass is 10.2. The highest BCUT2D eigenvalue weighted by molar-refractivity contribution is 7.14. The summed E-state index contributed by atoms with van der Waals surface area (Å²) in [6, 6.07) is 2.27. The van der Waals surface area contributed by atoms with Crippen LogP contribution in [0.4, 0.5) is 0 Å². The lowest BCUT2D eigenvalue weighted by molar-refractivity contribution is 0.0953. The first-order chi connectivity index (χ1) is 8.70. The Bertz CT molecular complexity index is 394. The zero-order chi connectivity index (χ0) is 13.0. The zero-order valence-electron chi connectivity index (χ0n) is 10.9. The molecule has 0 spiro atoms. The van der Waals surface area contributed by atoms with Crippen molar-refractivity contribution in [3.8, 4) is 0 Å². The summed E-state index contributed by atoms with van der Waals surface area (Å²) in [5.74, 6) is 0.0270. The van der Waals surface area contributed by atoms with E-state index in [-0.39, 0.29) is 5.91 Å². The molecule has 1 amide bonds. The molecule has 0 saturated carbocycles. The van der Waals surface area contributed by atoms with E-state index in [1.54, 1.807) is 11.3 Å². The molecular weight excluding hydrogens is 248 g/mol. The first-order valence-corrected chi connectivity index (χ1v) is 7.23. The number of nitrogens with one attached hydrogen (secondary N) is 2. The molecule has 1 aromatic heterocycles. The van der Waals surface area contributed by atoms with Crippen molar-refractivity contribution in [2.75, 3.05) is 19.7 Å². The number of rotatable bonds is 5. The average molecular weight is 268 g/mol. The van der Waals surface area contributed by atoms with Crippen LogP contribution in [0.3, 0.4) is 0 Å². The maximum absolute atomic E-state index is 12.0. The molecule has 2 N–H and O–H groups in total. The number of fused-ring (bicyclic) bond motifs is 1. The van der Waals surface area contributed by atoms with Crippen molar-refractivity contribution in [3.63, 3.8) is 0 Å². The highest BCUT2D eigenvalue weighted by Gasteiger charge is 2.17. The number of carbonyl (C=O) groups excluding carboxylic acids is 1. The van der Waals surface area contributed by atoms with Gasteiger partial charge in [-0.3, -0.25) is 4.79 Å². The number of amides is 1. The fourth-order valence-corrected chi connectivity index (χ4v) is 3.08. The van der Waals surface area contributed by atoms with E-state index in [1.807, 2.05) is 6.07 Å². The van der Waals surface area contributed by atoms with Crippen LogP contribution < -0.4 is 10.6 Å². The third kappa shape index (κ3) is 3.31. The van der Waals surface area contributed by atoms with Crippen LogP contribution in [-0.2, 0) is 17.8 Å². The quantitative estimate of drug-likeness (QED) is 0.852. The SMILES string of the molecule is CCN[C@H](C)CNC(=O)c1cc2c(s1)CCOC2. The summed E-state index contributed by atoms with van der Waals surface area (Å²) in [4.78, 5) is 14.1. The van der Waals surface area contributed by atoms with Crippen molar-refractivity contribution in [2.45, 2.75) is 32.9 Å². The molecule has 0 bridgehead atoms. The topological polar surface area (TPSA) is 50.4 Å². The highest BCUT2D eigenvalue weighted by Crippen LogP contribution is 2.26. The molecule has 2 rings (SSSR count). The second kappa shape index (κ2) is 6.31. The van der Waals surface area contributed by atoms with Gasteiger partial charge in [0.25, 0.3) is 5.91 Å². The number of carbonyl (C=O) groups is 1. The molecule has 0 saturated heterocycles. The minimum atomic E-state index is 0.0270. The molecule has 1 atom stereocenters. The first-order valence-electron chi connectivity index (χ1n) is 6.41. The maximum atomic E-state index is 12.0. The van der Waals surface area contributed by atoms with Crippen molar-refractivity contribution in [3.05, 3.63) is 21.4 Å². The van der Waals surface area contributed by atoms with Crippen LogP contribution >= 0.6 is 11.3 Å². The molecule has 0 radical (unpaired) electrons. The highest BCUT2D eigenvalue weighted by atomic mass is 32.1. The minimum absolute atomic E-state index is 0.0270. The van der Waals surface area contributed by atoms with Crippen molar-refractivity contribution in [1.29, 1.82) is 0 Å². The fraction of sp³-hybridized carbons (Fsp3) is 0.615. The van der Waals surface area contributed by atoms with Gasteiger partial charge in [0.1, 0.15) is 0 Å². The molecule has 5 heteroatoms. The van der Waals surface area contributed by atoms with Gasteiger partial charge in [-0.15, -0.1) is 11.3 Å². The van der Waals surface area contributed by atoms with Gasteiger partial charge in [-0.1, -0.05) is 6.92 Å². The van der Waals surface area contributed by atoms with Crippen LogP contribution in [0.15, 0.2) is 6.07 Å². The minimum Gasteiger partial charge on any atom is -0.376 e. The van der Waals surface area contributed by atoms with Crippen LogP contribution in [0.2, 0.25) is 0 Å². The molecule has 1 aliphatic heterocycles. The van der Waals surface area contributed by atoms with Gasteiger partial charge in [-0.05, 0) is 25.1 Å². The Labute approximate surface area is 112 Å². The Morgan fingerprint density at radius 1 is 1.61 bits per heavy atom. The first kappa shape index (κ1) is 13.5. The van der Waals surface area contributed by atoms with Gasteiger partial charge in [0.15, 0.2) is 0 Å². The molecule has 0 unspecified atom stereocenters. The number of ether oxygens (including phenoxy) is 1. The maximum Gasteiger partial charge on any atom is 0.261 e. The molecule has 0 aromatic carbocycles. The fourth-order valence-electron chi connectivity index (χ4n) is 2.01. The van der Waals surface area contributed by atoms with E-state index < -0.39 is 0 Å². The number of likely N-dealkylation sites (N-methyl/N-ethyl adjacent to an activating group) is 1. The molecule has 4 nitrogen and oxygen atoms in total. The van der Waals surface area contributed by atoms with Gasteiger partial charge in [-0.25, -0.2) is 0 Å². The van der Waals surface area contributed by atoms with Gasteiger partial charge in [0, 0.05) is 23.9 Å². The van der Waals surface area contributed by atoms with E-state index in [2.05, 4.69) is 24.5 Å². The number of hydrogen-bond acceptors (Lipinski definition) is 4. The van der Waals surface area contributed by atoms with E-state index in [0.717, 1.165) is 24.4 Å². The van der Waals surface area contributed by atoms with E-state index in [4.69, 9.17) is 4.74 Å². The largest absolute Gasteiger partial charge is 0.376 e. The van der Waals surface area contributed by atoms with Gasteiger partial charge >= 0.3 is 0 Å². The normalized spacial score (nSPS) is 16.1. The van der Waals surface area contributed by atoms with Crippen molar-refractivity contribution in [2.24, 2.45) is 0 Å². The van der Waals surface area contributed by atoms with Gasteiger partial charge in [0.05, 0.1) is 18.1 Å². The van der Waals surface area contributed by atoms with E-state index >= 15 is 0 Å². The molecule has 0 fully saturated rings. The summed E-state index contributed by atoms with van der Waals surface area (Å²) in [6.45, 7) is 7.12. The smallest absolute Gasteiger partial charge is 0.261 e. The Morgan fingerprint density at radius 2 is 2.44 bits per heavy atom. The summed E-state index contributed by atoms with van der Waals surface area (Å²) in [5.41, 5.74) is 1.18. The lowest BCUT2D eigenvalue weighted by Gasteiger charge is -2.12. The Hall–Kier alpha value is -0.910. The Kier molecular flexibility index (Phi) is 4.74. The third-order valence-electron chi connectivity index (χ3n) is 2.97. The van der Waals surface area contributed by atoms with Crippen molar-refractivity contribution < 1.29 is 9.53 Å². The molecule has 1 aromatic rings. The lowest BCUT2D eigenvalue weighted by Crippen LogP contribution is -2.38. The van der Waals surface area contributed by atoms with Crippen LogP contribution in [0.5, 0.6) is 0 Å². The average Bonchev–Trinajstić information content (AvgIpc) is 2.80. The third-order valence-corrected chi connectivity index (χ3v) is 4.21. The summed E-state index contributed by atoms with van der Waals surface area (Å²) in [5, 5.41) is 6.23. The Balaban J connectivity index is 1.90. The second-order valence-corrected chi connectivity index (χ2v) is 5.67. The Morgan fingerprint density at radius 3 is 3.17 bits per heavy atom. The van der Waals surface area contributed by atoms with E-state index in [9.17, 15) is 4.79 Å². The molecule has 100 valence electrons. The molecule has 2 heterocycles. The monoisotopic (exact) mass is 268 g/mol. The van der Waals surface area contributed by atoms with E-state index in [1.165, 1.54) is 10.4 Å². The van der Waals surface area contributed by atoms with Gasteiger partial charge < -0.3 is 15.4 Å². The van der Waals surface area contributed by atoms with Gasteiger partial charge in [-0.2, -0.15) is 0 Å². The van der Waals surface area contributed by atoms with Crippen molar-refractivity contribution in [1.82, 2.24) is 10.6 Å².